The highest BCUT2D eigenvalue weighted by molar-refractivity contribution is 9.10. The summed E-state index contributed by atoms with van der Waals surface area (Å²) < 4.78 is 0.724. The van der Waals surface area contributed by atoms with Gasteiger partial charge in [-0.3, -0.25) is 9.59 Å². The van der Waals surface area contributed by atoms with Gasteiger partial charge < -0.3 is 10.4 Å². The molecule has 2 rings (SSSR count). The van der Waals surface area contributed by atoms with Crippen LogP contribution in [0.15, 0.2) is 46.0 Å². The van der Waals surface area contributed by atoms with Gasteiger partial charge in [0.15, 0.2) is 0 Å². The first-order valence-corrected chi connectivity index (χ1v) is 8.00. The number of phenols is 1. The summed E-state index contributed by atoms with van der Waals surface area (Å²) >= 11 is 15.0. The molecule has 0 saturated heterocycles. The van der Waals surface area contributed by atoms with Crippen molar-refractivity contribution in [3.63, 3.8) is 0 Å². The minimum absolute atomic E-state index is 0.0219. The summed E-state index contributed by atoms with van der Waals surface area (Å²) in [5.41, 5.74) is 2.62. The average Bonchev–Trinajstić information content (AvgIpc) is 2.54. The second kappa shape index (κ2) is 8.14. The van der Waals surface area contributed by atoms with Crippen LogP contribution < -0.4 is 10.7 Å². The number of benzene rings is 2. The van der Waals surface area contributed by atoms with Crippen LogP contribution in [0.2, 0.25) is 10.0 Å². The molecular formula is C15H10BrCl2N3O3. The highest BCUT2D eigenvalue weighted by Gasteiger charge is 2.15. The molecule has 2 aromatic rings. The molecule has 6 nitrogen and oxygen atoms in total. The fourth-order valence-corrected chi connectivity index (χ4v) is 2.35. The van der Waals surface area contributed by atoms with E-state index in [9.17, 15) is 14.7 Å². The van der Waals surface area contributed by atoms with Crippen molar-refractivity contribution < 1.29 is 14.7 Å². The van der Waals surface area contributed by atoms with Gasteiger partial charge in [-0.15, -0.1) is 0 Å². The minimum atomic E-state index is -1.00. The summed E-state index contributed by atoms with van der Waals surface area (Å²) in [6, 6.07) is 9.33. The third kappa shape index (κ3) is 4.70. The van der Waals surface area contributed by atoms with Crippen molar-refractivity contribution in [3.05, 3.63) is 56.5 Å². The number of nitrogens with one attached hydrogen (secondary N) is 2. The molecule has 0 aliphatic rings. The molecule has 0 saturated carbocycles. The zero-order valence-electron chi connectivity index (χ0n) is 11.9. The number of phenolic OH excluding ortho intramolecular Hbond substituents is 1. The lowest BCUT2D eigenvalue weighted by Crippen LogP contribution is -2.32. The van der Waals surface area contributed by atoms with E-state index in [-0.39, 0.29) is 21.5 Å². The molecule has 0 atom stereocenters. The first-order valence-electron chi connectivity index (χ1n) is 6.45. The number of nitrogens with zero attached hydrogens (tertiary/aromatic N) is 1. The maximum Gasteiger partial charge on any atom is 0.329 e. The number of carbonyl (C=O) groups is 2. The van der Waals surface area contributed by atoms with E-state index in [4.69, 9.17) is 23.2 Å². The van der Waals surface area contributed by atoms with Gasteiger partial charge in [-0.2, -0.15) is 5.10 Å². The minimum Gasteiger partial charge on any atom is -0.507 e. The van der Waals surface area contributed by atoms with Crippen LogP contribution in [-0.2, 0) is 9.59 Å². The number of rotatable bonds is 3. The van der Waals surface area contributed by atoms with E-state index in [2.05, 4.69) is 26.3 Å². The number of carbonyl (C=O) groups excluding carboxylic acids is 2. The zero-order valence-corrected chi connectivity index (χ0v) is 15.0. The number of anilines is 1. The number of hydrogen-bond acceptors (Lipinski definition) is 4. The lowest BCUT2D eigenvalue weighted by molar-refractivity contribution is -0.136. The van der Waals surface area contributed by atoms with Crippen molar-refractivity contribution in [2.45, 2.75) is 0 Å². The molecule has 0 spiro atoms. The summed E-state index contributed by atoms with van der Waals surface area (Å²) in [6.45, 7) is 0. The van der Waals surface area contributed by atoms with Gasteiger partial charge in [-0.05, 0) is 30.3 Å². The fourth-order valence-electron chi connectivity index (χ4n) is 1.62. The first-order chi connectivity index (χ1) is 11.4. The van der Waals surface area contributed by atoms with E-state index < -0.39 is 11.8 Å². The Morgan fingerprint density at radius 1 is 1.17 bits per heavy atom. The van der Waals surface area contributed by atoms with Gasteiger partial charge in [-0.25, -0.2) is 5.43 Å². The largest absolute Gasteiger partial charge is 0.507 e. The molecule has 24 heavy (non-hydrogen) atoms. The number of aromatic hydroxyl groups is 1. The van der Waals surface area contributed by atoms with E-state index in [0.717, 1.165) is 4.47 Å². The molecule has 0 bridgehead atoms. The lowest BCUT2D eigenvalue weighted by atomic mass is 10.2. The molecule has 0 aliphatic heterocycles. The Balaban J connectivity index is 1.99. The van der Waals surface area contributed by atoms with Gasteiger partial charge in [0.2, 0.25) is 0 Å². The monoisotopic (exact) mass is 429 g/mol. The SMILES string of the molecule is O=C(N/N=C\c1cc(Br)ccc1O)C(=O)Nc1cccc(Cl)c1Cl. The van der Waals surface area contributed by atoms with Crippen LogP contribution in [0.5, 0.6) is 5.75 Å². The van der Waals surface area contributed by atoms with Crippen molar-refractivity contribution in [3.8, 4) is 5.75 Å². The lowest BCUT2D eigenvalue weighted by Gasteiger charge is -2.07. The predicted octanol–water partition coefficient (Wildman–Crippen LogP) is 3.55. The number of hydrazone groups is 1. The van der Waals surface area contributed by atoms with Crippen molar-refractivity contribution in [1.82, 2.24) is 5.43 Å². The Labute approximate surface area is 155 Å². The smallest absolute Gasteiger partial charge is 0.329 e. The van der Waals surface area contributed by atoms with Crippen LogP contribution >= 0.6 is 39.1 Å². The van der Waals surface area contributed by atoms with E-state index >= 15 is 0 Å². The van der Waals surface area contributed by atoms with E-state index in [1.165, 1.54) is 18.3 Å². The molecule has 2 amide bonds. The Morgan fingerprint density at radius 3 is 2.67 bits per heavy atom. The van der Waals surface area contributed by atoms with Gasteiger partial charge in [-0.1, -0.05) is 45.2 Å². The van der Waals surface area contributed by atoms with Crippen LogP contribution in [0.25, 0.3) is 0 Å². The molecule has 0 radical (unpaired) electrons. The van der Waals surface area contributed by atoms with Crippen molar-refractivity contribution in [2.75, 3.05) is 5.32 Å². The van der Waals surface area contributed by atoms with Crippen molar-refractivity contribution in [2.24, 2.45) is 5.10 Å². The Morgan fingerprint density at radius 2 is 1.92 bits per heavy atom. The highest BCUT2D eigenvalue weighted by Crippen LogP contribution is 2.29. The van der Waals surface area contributed by atoms with Crippen LogP contribution in [0, 0.1) is 0 Å². The number of halogens is 3. The third-order valence-electron chi connectivity index (χ3n) is 2.77. The summed E-state index contributed by atoms with van der Waals surface area (Å²) in [5.74, 6) is -1.99. The molecule has 124 valence electrons. The Bertz CT molecular complexity index is 828. The Hall–Kier alpha value is -2.09. The summed E-state index contributed by atoms with van der Waals surface area (Å²) in [7, 11) is 0. The van der Waals surface area contributed by atoms with E-state index in [0.29, 0.717) is 5.56 Å². The molecule has 0 aliphatic carbocycles. The maximum atomic E-state index is 11.8. The van der Waals surface area contributed by atoms with Crippen LogP contribution in [0.4, 0.5) is 5.69 Å². The van der Waals surface area contributed by atoms with Gasteiger partial charge in [0, 0.05) is 10.0 Å². The maximum absolute atomic E-state index is 11.8. The Kier molecular flexibility index (Phi) is 6.19. The topological polar surface area (TPSA) is 90.8 Å². The first kappa shape index (κ1) is 18.3. The highest BCUT2D eigenvalue weighted by atomic mass is 79.9. The van der Waals surface area contributed by atoms with E-state index in [1.54, 1.807) is 24.3 Å². The van der Waals surface area contributed by atoms with E-state index in [1.807, 2.05) is 5.43 Å². The predicted molar refractivity (Wildman–Crippen MR) is 96.6 cm³/mol. The van der Waals surface area contributed by atoms with Gasteiger partial charge in [0.05, 0.1) is 21.9 Å². The summed E-state index contributed by atoms with van der Waals surface area (Å²) in [6.07, 6.45) is 1.21. The third-order valence-corrected chi connectivity index (χ3v) is 4.08. The van der Waals surface area contributed by atoms with Gasteiger partial charge >= 0.3 is 11.8 Å². The normalized spacial score (nSPS) is 10.6. The molecule has 2 aromatic carbocycles. The molecule has 0 heterocycles. The van der Waals surface area contributed by atoms with Gasteiger partial charge in [0.1, 0.15) is 5.75 Å². The van der Waals surface area contributed by atoms with Gasteiger partial charge in [0.25, 0.3) is 0 Å². The quantitative estimate of drug-likeness (QED) is 0.395. The summed E-state index contributed by atoms with van der Waals surface area (Å²) in [4.78, 5) is 23.5. The molecule has 0 unspecified atom stereocenters. The van der Waals surface area contributed by atoms with Crippen molar-refractivity contribution >= 4 is 62.8 Å². The zero-order chi connectivity index (χ0) is 17.7. The molecule has 9 heteroatoms. The van der Waals surface area contributed by atoms with Crippen LogP contribution in [0.1, 0.15) is 5.56 Å². The second-order valence-corrected chi connectivity index (χ2v) is 6.16. The molecular weight excluding hydrogens is 421 g/mol. The number of amides is 2. The summed E-state index contributed by atoms with van der Waals surface area (Å²) in [5, 5.41) is 15.9. The second-order valence-electron chi connectivity index (χ2n) is 4.46. The van der Waals surface area contributed by atoms with Crippen LogP contribution in [-0.4, -0.2) is 23.1 Å². The molecule has 0 fully saturated rings. The average molecular weight is 431 g/mol. The van der Waals surface area contributed by atoms with Crippen LogP contribution in [0.3, 0.4) is 0 Å². The molecule has 3 N–H and O–H groups in total. The van der Waals surface area contributed by atoms with Crippen molar-refractivity contribution in [1.29, 1.82) is 0 Å². The molecule has 0 aromatic heterocycles. The number of hydrogen-bond donors (Lipinski definition) is 3. The fraction of sp³-hybridized carbons (Fsp3) is 0. The standard InChI is InChI=1S/C15H10BrCl2N3O3/c16-9-4-5-12(22)8(6-9)7-19-21-15(24)14(23)20-11-3-1-2-10(17)13(11)18/h1-7,22H,(H,20,23)(H,21,24)/b19-7-.